The molecule has 3 N–H and O–H groups in total. The molecule has 0 spiro atoms. The molecule has 2 aromatic heterocycles. The van der Waals surface area contributed by atoms with Crippen molar-refractivity contribution in [1.29, 1.82) is 0 Å². The average molecular weight is 308 g/mol. The number of nitrogens with two attached hydrogens (primary N) is 1. The van der Waals surface area contributed by atoms with Crippen LogP contribution in [0.3, 0.4) is 0 Å². The molecule has 1 atom stereocenters. The van der Waals surface area contributed by atoms with E-state index in [1.807, 2.05) is 6.92 Å². The molecular formula is C13H16N4O3S. The highest BCUT2D eigenvalue weighted by Gasteiger charge is 2.31. The van der Waals surface area contributed by atoms with Crippen LogP contribution in [-0.4, -0.2) is 34.7 Å². The zero-order valence-electron chi connectivity index (χ0n) is 11.5. The summed E-state index contributed by atoms with van der Waals surface area (Å²) in [5.41, 5.74) is 7.89. The molecule has 3 rings (SSSR count). The van der Waals surface area contributed by atoms with Crippen molar-refractivity contribution in [3.05, 3.63) is 34.2 Å². The molecule has 8 heteroatoms. The third kappa shape index (κ3) is 2.46. The van der Waals surface area contributed by atoms with Crippen LogP contribution in [-0.2, 0) is 9.84 Å². The van der Waals surface area contributed by atoms with E-state index in [9.17, 15) is 13.2 Å². The minimum atomic E-state index is -3.01. The van der Waals surface area contributed by atoms with Gasteiger partial charge in [0.2, 0.25) is 5.56 Å². The number of aromatic amines is 1. The van der Waals surface area contributed by atoms with Crippen molar-refractivity contribution in [2.24, 2.45) is 0 Å². The summed E-state index contributed by atoms with van der Waals surface area (Å²) in [4.78, 5) is 14.0. The second-order valence-corrected chi connectivity index (χ2v) is 7.53. The summed E-state index contributed by atoms with van der Waals surface area (Å²) in [7, 11) is -3.01. The molecule has 2 aromatic rings. The predicted molar refractivity (Wildman–Crippen MR) is 79.7 cm³/mol. The summed E-state index contributed by atoms with van der Waals surface area (Å²) in [5, 5.41) is 4.44. The first-order chi connectivity index (χ1) is 9.87. The van der Waals surface area contributed by atoms with E-state index in [1.165, 1.54) is 6.07 Å². The topological polar surface area (TPSA) is 111 Å². The van der Waals surface area contributed by atoms with Crippen LogP contribution < -0.4 is 11.3 Å². The van der Waals surface area contributed by atoms with Crippen molar-refractivity contribution in [3.63, 3.8) is 0 Å². The van der Waals surface area contributed by atoms with Gasteiger partial charge in [-0.25, -0.2) is 13.1 Å². The molecule has 21 heavy (non-hydrogen) atoms. The van der Waals surface area contributed by atoms with Gasteiger partial charge in [-0.3, -0.25) is 4.79 Å². The Kier molecular flexibility index (Phi) is 3.12. The van der Waals surface area contributed by atoms with Crippen molar-refractivity contribution in [2.75, 3.05) is 17.2 Å². The minimum Gasteiger partial charge on any atom is -0.384 e. The van der Waals surface area contributed by atoms with Gasteiger partial charge in [-0.1, -0.05) is 0 Å². The average Bonchev–Trinajstić information content (AvgIpc) is 2.91. The van der Waals surface area contributed by atoms with Gasteiger partial charge in [0.05, 0.1) is 23.2 Å². The largest absolute Gasteiger partial charge is 0.384 e. The maximum Gasteiger partial charge on any atom is 0.248 e. The molecule has 1 fully saturated rings. The number of hydrogen-bond donors (Lipinski definition) is 2. The van der Waals surface area contributed by atoms with Gasteiger partial charge in [-0.2, -0.15) is 5.10 Å². The highest BCUT2D eigenvalue weighted by atomic mass is 32.2. The Morgan fingerprint density at radius 3 is 2.86 bits per heavy atom. The molecule has 1 saturated heterocycles. The monoisotopic (exact) mass is 308 g/mol. The second-order valence-electron chi connectivity index (χ2n) is 5.30. The highest BCUT2D eigenvalue weighted by Crippen LogP contribution is 2.31. The fourth-order valence-corrected chi connectivity index (χ4v) is 4.33. The summed E-state index contributed by atoms with van der Waals surface area (Å²) in [6, 6.07) is 2.96. The molecule has 0 bridgehead atoms. The lowest BCUT2D eigenvalue weighted by Crippen LogP contribution is -2.14. The number of aromatic nitrogens is 3. The number of H-pyrrole nitrogens is 1. The van der Waals surface area contributed by atoms with Crippen LogP contribution in [0.2, 0.25) is 0 Å². The smallest absolute Gasteiger partial charge is 0.248 e. The fraction of sp³-hybridized carbons (Fsp3) is 0.385. The van der Waals surface area contributed by atoms with Gasteiger partial charge in [-0.15, -0.1) is 0 Å². The number of nitrogen functional groups attached to an aromatic ring is 1. The van der Waals surface area contributed by atoms with Gasteiger partial charge >= 0.3 is 0 Å². The van der Waals surface area contributed by atoms with Crippen LogP contribution in [0.1, 0.15) is 18.0 Å². The van der Waals surface area contributed by atoms with Crippen LogP contribution >= 0.6 is 0 Å². The van der Waals surface area contributed by atoms with E-state index < -0.39 is 9.84 Å². The van der Waals surface area contributed by atoms with Gasteiger partial charge in [0.1, 0.15) is 5.82 Å². The number of rotatable bonds is 2. The third-order valence-electron chi connectivity index (χ3n) is 3.80. The van der Waals surface area contributed by atoms with E-state index in [-0.39, 0.29) is 23.1 Å². The van der Waals surface area contributed by atoms with Crippen LogP contribution in [0, 0.1) is 6.92 Å². The number of pyridine rings is 1. The Bertz CT molecular complexity index is 851. The summed E-state index contributed by atoms with van der Waals surface area (Å²) >= 11 is 0. The lowest BCUT2D eigenvalue weighted by molar-refractivity contribution is 0.508. The molecule has 3 heterocycles. The van der Waals surface area contributed by atoms with Crippen molar-refractivity contribution in [3.8, 4) is 11.3 Å². The molecule has 0 aromatic carbocycles. The zero-order chi connectivity index (χ0) is 15.2. The van der Waals surface area contributed by atoms with E-state index in [0.717, 1.165) is 5.56 Å². The Labute approximate surface area is 121 Å². The van der Waals surface area contributed by atoms with E-state index >= 15 is 0 Å². The van der Waals surface area contributed by atoms with Crippen LogP contribution in [0.15, 0.2) is 23.1 Å². The van der Waals surface area contributed by atoms with Crippen molar-refractivity contribution in [2.45, 2.75) is 19.4 Å². The third-order valence-corrected chi connectivity index (χ3v) is 5.55. The summed E-state index contributed by atoms with van der Waals surface area (Å²) < 4.78 is 24.8. The molecule has 0 amide bonds. The molecule has 1 unspecified atom stereocenters. The van der Waals surface area contributed by atoms with Crippen molar-refractivity contribution in [1.82, 2.24) is 14.8 Å². The second kappa shape index (κ2) is 4.73. The first-order valence-corrected chi connectivity index (χ1v) is 8.43. The Hall–Kier alpha value is -2.09. The molecule has 7 nitrogen and oxygen atoms in total. The van der Waals surface area contributed by atoms with Crippen LogP contribution in [0.4, 0.5) is 5.82 Å². The van der Waals surface area contributed by atoms with Gasteiger partial charge in [0, 0.05) is 23.4 Å². The van der Waals surface area contributed by atoms with Gasteiger partial charge in [0.25, 0.3) is 0 Å². The van der Waals surface area contributed by atoms with Gasteiger partial charge in [-0.05, 0) is 19.4 Å². The van der Waals surface area contributed by atoms with E-state index in [2.05, 4.69) is 10.1 Å². The fourth-order valence-electron chi connectivity index (χ4n) is 2.64. The maximum atomic E-state index is 11.6. The predicted octanol–water partition coefficient (Wildman–Crippen LogP) is 0.489. The first kappa shape index (κ1) is 13.9. The number of nitrogens with one attached hydrogen (secondary N) is 1. The molecule has 1 aliphatic rings. The lowest BCUT2D eigenvalue weighted by Gasteiger charge is -2.10. The SMILES string of the molecule is Cc1c(-c2cc[nH]c(=O)c2)nn(C2CCS(=O)(=O)C2)c1N. The van der Waals surface area contributed by atoms with E-state index in [4.69, 9.17) is 5.73 Å². The summed E-state index contributed by atoms with van der Waals surface area (Å²) in [6.07, 6.45) is 2.06. The van der Waals surface area contributed by atoms with E-state index in [0.29, 0.717) is 23.5 Å². The minimum absolute atomic E-state index is 0.0626. The molecule has 0 saturated carbocycles. The maximum absolute atomic E-state index is 11.6. The molecule has 0 radical (unpaired) electrons. The number of anilines is 1. The van der Waals surface area contributed by atoms with Crippen LogP contribution in [0.25, 0.3) is 11.3 Å². The van der Waals surface area contributed by atoms with Crippen molar-refractivity contribution >= 4 is 15.7 Å². The van der Waals surface area contributed by atoms with Gasteiger partial charge in [0.15, 0.2) is 9.84 Å². The first-order valence-electron chi connectivity index (χ1n) is 6.61. The summed E-state index contributed by atoms with van der Waals surface area (Å²) in [6.45, 7) is 1.82. The van der Waals surface area contributed by atoms with E-state index in [1.54, 1.807) is 16.9 Å². The number of hydrogen-bond acceptors (Lipinski definition) is 5. The Morgan fingerprint density at radius 1 is 1.48 bits per heavy atom. The normalized spacial score (nSPS) is 20.7. The highest BCUT2D eigenvalue weighted by molar-refractivity contribution is 7.91. The lowest BCUT2D eigenvalue weighted by atomic mass is 10.1. The standard InChI is InChI=1S/C13H16N4O3S/c1-8-12(9-2-4-15-11(18)6-9)16-17(13(8)14)10-3-5-21(19,20)7-10/h2,4,6,10H,3,5,7,14H2,1H3,(H,15,18). The molecule has 1 aliphatic heterocycles. The number of sulfone groups is 1. The van der Waals surface area contributed by atoms with Gasteiger partial charge < -0.3 is 10.7 Å². The quantitative estimate of drug-likeness (QED) is 0.838. The molecule has 0 aliphatic carbocycles. The zero-order valence-corrected chi connectivity index (χ0v) is 12.4. The summed E-state index contributed by atoms with van der Waals surface area (Å²) in [5.74, 6) is 0.677. The Balaban J connectivity index is 2.06. The number of nitrogens with zero attached hydrogens (tertiary/aromatic N) is 2. The van der Waals surface area contributed by atoms with Crippen LogP contribution in [0.5, 0.6) is 0 Å². The molecule has 112 valence electrons. The van der Waals surface area contributed by atoms with Crippen molar-refractivity contribution < 1.29 is 8.42 Å². The molecular weight excluding hydrogens is 292 g/mol. The Morgan fingerprint density at radius 2 is 2.24 bits per heavy atom.